The number of rotatable bonds is 3. The number of carbonyl (C=O) groups is 2. The van der Waals surface area contributed by atoms with Crippen molar-refractivity contribution in [2.24, 2.45) is 5.92 Å². The minimum absolute atomic E-state index is 0.0537. The Morgan fingerprint density at radius 3 is 2.60 bits per heavy atom. The standard InChI is InChI=1S/C18H22FN3O3/c19-11-4-6-13(7-5-11)21-18(24)22-9-14-8-15(16(10-22)25-14)17(23)20-12-2-1-3-12/h4-7,12,14-16H,1-3,8-10H2,(H,20,23)(H,21,24)/t14-,15+,16-/m1/s1. The van der Waals surface area contributed by atoms with Crippen LogP contribution in [0.25, 0.3) is 0 Å². The molecule has 0 spiro atoms. The zero-order valence-corrected chi connectivity index (χ0v) is 13.9. The van der Waals surface area contributed by atoms with Crippen LogP contribution >= 0.6 is 0 Å². The van der Waals surface area contributed by atoms with Crippen molar-refractivity contribution in [2.75, 3.05) is 18.4 Å². The smallest absolute Gasteiger partial charge is 0.322 e. The zero-order valence-electron chi connectivity index (χ0n) is 13.9. The van der Waals surface area contributed by atoms with Gasteiger partial charge in [0.2, 0.25) is 5.91 Å². The van der Waals surface area contributed by atoms with Crippen LogP contribution in [0.5, 0.6) is 0 Å². The van der Waals surface area contributed by atoms with Crippen molar-refractivity contribution >= 4 is 17.6 Å². The number of likely N-dealkylation sites (tertiary alicyclic amines) is 1. The monoisotopic (exact) mass is 347 g/mol. The second-order valence-electron chi connectivity index (χ2n) is 7.12. The molecule has 134 valence electrons. The van der Waals surface area contributed by atoms with E-state index in [-0.39, 0.29) is 35.9 Å². The summed E-state index contributed by atoms with van der Waals surface area (Å²) in [6, 6.07) is 5.73. The van der Waals surface area contributed by atoms with E-state index < -0.39 is 0 Å². The Bertz CT molecular complexity index is 662. The van der Waals surface area contributed by atoms with Crippen molar-refractivity contribution in [1.29, 1.82) is 0 Å². The summed E-state index contributed by atoms with van der Waals surface area (Å²) >= 11 is 0. The molecule has 0 unspecified atom stereocenters. The number of hydrogen-bond donors (Lipinski definition) is 2. The van der Waals surface area contributed by atoms with E-state index in [4.69, 9.17) is 4.74 Å². The highest BCUT2D eigenvalue weighted by Crippen LogP contribution is 2.33. The Labute approximate surface area is 145 Å². The van der Waals surface area contributed by atoms with Crippen LogP contribution in [-0.4, -0.2) is 48.2 Å². The molecule has 2 saturated heterocycles. The maximum atomic E-state index is 13.0. The molecular formula is C18H22FN3O3. The van der Waals surface area contributed by atoms with Gasteiger partial charge in [0.25, 0.3) is 0 Å². The molecule has 25 heavy (non-hydrogen) atoms. The molecule has 3 fully saturated rings. The highest BCUT2D eigenvalue weighted by Gasteiger charge is 2.46. The predicted molar refractivity (Wildman–Crippen MR) is 89.5 cm³/mol. The van der Waals surface area contributed by atoms with Crippen LogP contribution in [0.3, 0.4) is 0 Å². The number of benzene rings is 1. The van der Waals surface area contributed by atoms with E-state index in [1.807, 2.05) is 0 Å². The van der Waals surface area contributed by atoms with Crippen LogP contribution in [0.2, 0.25) is 0 Å². The van der Waals surface area contributed by atoms with Gasteiger partial charge >= 0.3 is 6.03 Å². The summed E-state index contributed by atoms with van der Waals surface area (Å²) in [5, 5.41) is 5.85. The van der Waals surface area contributed by atoms with E-state index in [9.17, 15) is 14.0 Å². The van der Waals surface area contributed by atoms with Crippen LogP contribution in [0.15, 0.2) is 24.3 Å². The lowest BCUT2D eigenvalue weighted by molar-refractivity contribution is -0.128. The summed E-state index contributed by atoms with van der Waals surface area (Å²) < 4.78 is 18.8. The number of nitrogens with zero attached hydrogens (tertiary/aromatic N) is 1. The number of halogens is 1. The number of amides is 3. The number of hydrogen-bond acceptors (Lipinski definition) is 3. The average Bonchev–Trinajstić information content (AvgIpc) is 2.87. The minimum atomic E-state index is -0.345. The number of fused-ring (bicyclic) bond motifs is 2. The van der Waals surface area contributed by atoms with Crippen LogP contribution < -0.4 is 10.6 Å². The molecule has 2 N–H and O–H groups in total. The first-order valence-corrected chi connectivity index (χ1v) is 8.86. The van der Waals surface area contributed by atoms with E-state index >= 15 is 0 Å². The third kappa shape index (κ3) is 3.46. The number of urea groups is 1. The third-order valence-electron chi connectivity index (χ3n) is 5.33. The quantitative estimate of drug-likeness (QED) is 0.880. The molecule has 2 aliphatic heterocycles. The molecule has 2 bridgehead atoms. The molecule has 2 heterocycles. The molecule has 4 rings (SSSR count). The first-order chi connectivity index (χ1) is 12.1. The third-order valence-corrected chi connectivity index (χ3v) is 5.33. The lowest BCUT2D eigenvalue weighted by Gasteiger charge is -2.33. The van der Waals surface area contributed by atoms with Crippen LogP contribution in [0.1, 0.15) is 25.7 Å². The van der Waals surface area contributed by atoms with E-state index in [1.54, 1.807) is 4.90 Å². The molecular weight excluding hydrogens is 325 g/mol. The van der Waals surface area contributed by atoms with Crippen molar-refractivity contribution in [3.8, 4) is 0 Å². The van der Waals surface area contributed by atoms with Crippen LogP contribution in [-0.2, 0) is 9.53 Å². The maximum Gasteiger partial charge on any atom is 0.322 e. The van der Waals surface area contributed by atoms with Crippen molar-refractivity contribution in [1.82, 2.24) is 10.2 Å². The molecule has 1 aromatic rings. The molecule has 7 heteroatoms. The van der Waals surface area contributed by atoms with Crippen LogP contribution in [0.4, 0.5) is 14.9 Å². The highest BCUT2D eigenvalue weighted by atomic mass is 19.1. The summed E-state index contributed by atoms with van der Waals surface area (Å²) in [4.78, 5) is 26.6. The van der Waals surface area contributed by atoms with E-state index in [0.717, 1.165) is 12.8 Å². The van der Waals surface area contributed by atoms with Crippen molar-refractivity contribution in [3.05, 3.63) is 30.1 Å². The van der Waals surface area contributed by atoms with Gasteiger partial charge in [-0.25, -0.2) is 9.18 Å². The second kappa shape index (κ2) is 6.63. The van der Waals surface area contributed by atoms with Gasteiger partial charge in [0, 0.05) is 24.8 Å². The fraction of sp³-hybridized carbons (Fsp3) is 0.556. The highest BCUT2D eigenvalue weighted by molar-refractivity contribution is 5.89. The van der Waals surface area contributed by atoms with Crippen LogP contribution in [0, 0.1) is 11.7 Å². The van der Waals surface area contributed by atoms with Gasteiger partial charge in [-0.15, -0.1) is 0 Å². The normalized spacial score (nSPS) is 28.4. The second-order valence-corrected chi connectivity index (χ2v) is 7.12. The van der Waals surface area contributed by atoms with Gasteiger partial charge < -0.3 is 20.3 Å². The summed E-state index contributed by atoms with van der Waals surface area (Å²) in [5.74, 6) is -0.477. The van der Waals surface area contributed by atoms with E-state index in [1.165, 1.54) is 30.7 Å². The number of carbonyl (C=O) groups excluding carboxylic acids is 2. The summed E-state index contributed by atoms with van der Waals surface area (Å²) in [6.07, 6.45) is 3.59. The molecule has 1 aliphatic carbocycles. The van der Waals surface area contributed by atoms with Crippen molar-refractivity contribution in [3.63, 3.8) is 0 Å². The van der Waals surface area contributed by atoms with Gasteiger partial charge in [0.15, 0.2) is 0 Å². The number of anilines is 1. The Balaban J connectivity index is 1.35. The Morgan fingerprint density at radius 1 is 1.16 bits per heavy atom. The summed E-state index contributed by atoms with van der Waals surface area (Å²) in [6.45, 7) is 0.864. The lowest BCUT2D eigenvalue weighted by Crippen LogP contribution is -2.50. The first kappa shape index (κ1) is 16.3. The molecule has 1 saturated carbocycles. The summed E-state index contributed by atoms with van der Waals surface area (Å²) in [5.41, 5.74) is 0.546. The van der Waals surface area contributed by atoms with Gasteiger partial charge in [-0.1, -0.05) is 0 Å². The van der Waals surface area contributed by atoms with Gasteiger partial charge in [0.1, 0.15) is 5.82 Å². The molecule has 0 aromatic heterocycles. The molecule has 3 aliphatic rings. The number of nitrogens with one attached hydrogen (secondary N) is 2. The Morgan fingerprint density at radius 2 is 1.92 bits per heavy atom. The predicted octanol–water partition coefficient (Wildman–Crippen LogP) is 2.12. The largest absolute Gasteiger partial charge is 0.370 e. The summed E-state index contributed by atoms with van der Waals surface area (Å²) in [7, 11) is 0. The van der Waals surface area contributed by atoms with Gasteiger partial charge in [-0.05, 0) is 49.9 Å². The Kier molecular flexibility index (Phi) is 4.33. The van der Waals surface area contributed by atoms with Crippen molar-refractivity contribution < 1.29 is 18.7 Å². The van der Waals surface area contributed by atoms with E-state index in [2.05, 4.69) is 10.6 Å². The fourth-order valence-electron chi connectivity index (χ4n) is 3.70. The number of ether oxygens (including phenoxy) is 1. The average molecular weight is 347 g/mol. The maximum absolute atomic E-state index is 13.0. The Hall–Kier alpha value is -2.15. The first-order valence-electron chi connectivity index (χ1n) is 8.86. The van der Waals surface area contributed by atoms with Gasteiger partial charge in [-0.2, -0.15) is 0 Å². The lowest BCUT2D eigenvalue weighted by atomic mass is 9.91. The molecule has 6 nitrogen and oxygen atoms in total. The van der Waals surface area contributed by atoms with Gasteiger partial charge in [-0.3, -0.25) is 4.79 Å². The molecule has 3 atom stereocenters. The number of morpholine rings is 1. The fourth-order valence-corrected chi connectivity index (χ4v) is 3.70. The minimum Gasteiger partial charge on any atom is -0.370 e. The zero-order chi connectivity index (χ0) is 17.4. The van der Waals surface area contributed by atoms with Crippen molar-refractivity contribution in [2.45, 2.75) is 43.9 Å². The van der Waals surface area contributed by atoms with E-state index in [0.29, 0.717) is 31.2 Å². The molecule has 0 radical (unpaired) electrons. The molecule has 1 aromatic carbocycles. The van der Waals surface area contributed by atoms with Gasteiger partial charge in [0.05, 0.1) is 18.1 Å². The molecule has 3 amide bonds. The topological polar surface area (TPSA) is 70.7 Å². The SMILES string of the molecule is O=C(NC1CCC1)[C@H]1C[C@@H]2CN(C(=O)Nc3ccc(F)cc3)C[C@H]1O2.